The molecular formula is C7H16BNO. The van der Waals surface area contributed by atoms with Crippen molar-refractivity contribution >= 4 is 6.92 Å². The highest BCUT2D eigenvalue weighted by atomic mass is 16.2. The summed E-state index contributed by atoms with van der Waals surface area (Å²) in [4.78, 5) is 0. The van der Waals surface area contributed by atoms with Crippen molar-refractivity contribution in [2.75, 3.05) is 13.1 Å². The van der Waals surface area contributed by atoms with Gasteiger partial charge >= 0.3 is 0 Å². The Morgan fingerprint density at radius 1 is 1.50 bits per heavy atom. The van der Waals surface area contributed by atoms with Crippen LogP contribution in [-0.2, 0) is 0 Å². The quantitative estimate of drug-likeness (QED) is 0.552. The summed E-state index contributed by atoms with van der Waals surface area (Å²) in [5.41, 5.74) is 0. The Balaban J connectivity index is 2.13. The number of piperidine rings is 1. The smallest absolute Gasteiger partial charge is 0.286 e. The van der Waals surface area contributed by atoms with Crippen LogP contribution in [0.15, 0.2) is 0 Å². The molecule has 1 aliphatic heterocycles. The van der Waals surface area contributed by atoms with Crippen molar-refractivity contribution in [1.82, 2.24) is 5.32 Å². The third-order valence-corrected chi connectivity index (χ3v) is 2.13. The molecule has 0 unspecified atom stereocenters. The maximum Gasteiger partial charge on any atom is 0.286 e. The van der Waals surface area contributed by atoms with E-state index in [1.807, 2.05) is 6.82 Å². The van der Waals surface area contributed by atoms with E-state index in [1.54, 1.807) is 0 Å². The SMILES string of the molecule is CB(O)CC1CCNCC1. The highest BCUT2D eigenvalue weighted by molar-refractivity contribution is 6.48. The standard InChI is InChI=1S/C7H16BNO/c1-8(10)6-7-2-4-9-5-3-7/h7,9-10H,2-6H2,1H3. The van der Waals surface area contributed by atoms with Crippen molar-refractivity contribution in [3.8, 4) is 0 Å². The molecule has 0 aromatic carbocycles. The molecule has 1 heterocycles. The Bertz CT molecular complexity index is 91.6. The zero-order valence-electron chi connectivity index (χ0n) is 6.64. The van der Waals surface area contributed by atoms with Crippen molar-refractivity contribution < 1.29 is 5.02 Å². The highest BCUT2D eigenvalue weighted by Crippen LogP contribution is 2.17. The first-order chi connectivity index (χ1) is 4.79. The molecule has 1 fully saturated rings. The molecule has 0 aliphatic carbocycles. The molecule has 0 radical (unpaired) electrons. The van der Waals surface area contributed by atoms with Crippen LogP contribution in [0, 0.1) is 5.92 Å². The molecule has 0 aromatic rings. The van der Waals surface area contributed by atoms with Crippen molar-refractivity contribution in [3.05, 3.63) is 0 Å². The lowest BCUT2D eigenvalue weighted by Crippen LogP contribution is -2.29. The van der Waals surface area contributed by atoms with Gasteiger partial charge in [-0.15, -0.1) is 0 Å². The van der Waals surface area contributed by atoms with Gasteiger partial charge in [0.25, 0.3) is 6.92 Å². The second-order valence-electron chi connectivity index (χ2n) is 3.28. The van der Waals surface area contributed by atoms with Crippen molar-refractivity contribution in [3.63, 3.8) is 0 Å². The van der Waals surface area contributed by atoms with Gasteiger partial charge in [0.1, 0.15) is 0 Å². The van der Waals surface area contributed by atoms with E-state index in [9.17, 15) is 0 Å². The molecule has 3 heteroatoms. The maximum atomic E-state index is 9.08. The van der Waals surface area contributed by atoms with Gasteiger partial charge in [0.2, 0.25) is 0 Å². The Labute approximate surface area is 63.1 Å². The third kappa shape index (κ3) is 2.71. The van der Waals surface area contributed by atoms with E-state index in [1.165, 1.54) is 12.8 Å². The maximum absolute atomic E-state index is 9.08. The lowest BCUT2D eigenvalue weighted by Gasteiger charge is -2.22. The molecule has 58 valence electrons. The van der Waals surface area contributed by atoms with Gasteiger partial charge in [-0.25, -0.2) is 0 Å². The van der Waals surface area contributed by atoms with Crippen LogP contribution in [-0.4, -0.2) is 25.0 Å². The number of nitrogens with one attached hydrogen (secondary N) is 1. The minimum absolute atomic E-state index is 0.108. The molecule has 0 atom stereocenters. The van der Waals surface area contributed by atoms with Crippen LogP contribution >= 0.6 is 0 Å². The molecule has 0 saturated carbocycles. The molecule has 0 bridgehead atoms. The van der Waals surface area contributed by atoms with Gasteiger partial charge in [-0.1, -0.05) is 6.82 Å². The molecule has 1 aliphatic rings. The highest BCUT2D eigenvalue weighted by Gasteiger charge is 2.16. The van der Waals surface area contributed by atoms with Crippen LogP contribution in [0.2, 0.25) is 13.1 Å². The first-order valence-electron chi connectivity index (χ1n) is 4.18. The van der Waals surface area contributed by atoms with E-state index < -0.39 is 0 Å². The Morgan fingerprint density at radius 3 is 2.60 bits per heavy atom. The van der Waals surface area contributed by atoms with E-state index in [0.717, 1.165) is 25.3 Å². The van der Waals surface area contributed by atoms with Crippen LogP contribution in [0.1, 0.15) is 12.8 Å². The van der Waals surface area contributed by atoms with E-state index in [0.29, 0.717) is 0 Å². The van der Waals surface area contributed by atoms with Gasteiger partial charge in [0, 0.05) is 0 Å². The van der Waals surface area contributed by atoms with E-state index in [-0.39, 0.29) is 6.92 Å². The van der Waals surface area contributed by atoms with Crippen LogP contribution < -0.4 is 5.32 Å². The predicted octanol–water partition coefficient (Wildman–Crippen LogP) is 0.600. The number of hydrogen-bond donors (Lipinski definition) is 2. The molecule has 1 rings (SSSR count). The first-order valence-corrected chi connectivity index (χ1v) is 4.18. The van der Waals surface area contributed by atoms with E-state index >= 15 is 0 Å². The van der Waals surface area contributed by atoms with Gasteiger partial charge < -0.3 is 10.3 Å². The van der Waals surface area contributed by atoms with Gasteiger partial charge in [-0.3, -0.25) is 0 Å². The van der Waals surface area contributed by atoms with Crippen molar-refractivity contribution in [2.45, 2.75) is 26.0 Å². The fraction of sp³-hybridized carbons (Fsp3) is 1.00. The molecule has 1 saturated heterocycles. The van der Waals surface area contributed by atoms with Crippen LogP contribution in [0.3, 0.4) is 0 Å². The Kier molecular flexibility index (Phi) is 3.22. The molecule has 10 heavy (non-hydrogen) atoms. The summed E-state index contributed by atoms with van der Waals surface area (Å²) >= 11 is 0. The first kappa shape index (κ1) is 8.09. The molecule has 0 amide bonds. The zero-order chi connectivity index (χ0) is 7.40. The van der Waals surface area contributed by atoms with Gasteiger partial charge in [-0.2, -0.15) is 0 Å². The molecule has 0 spiro atoms. The minimum Gasteiger partial charge on any atom is -0.451 e. The number of rotatable bonds is 2. The largest absolute Gasteiger partial charge is 0.451 e. The number of hydrogen-bond acceptors (Lipinski definition) is 2. The Hall–Kier alpha value is -0.0151. The average molecular weight is 141 g/mol. The zero-order valence-corrected chi connectivity index (χ0v) is 6.64. The molecule has 0 aromatic heterocycles. The van der Waals surface area contributed by atoms with Crippen molar-refractivity contribution in [1.29, 1.82) is 0 Å². The second kappa shape index (κ2) is 3.99. The van der Waals surface area contributed by atoms with E-state index in [2.05, 4.69) is 5.32 Å². The monoisotopic (exact) mass is 141 g/mol. The lowest BCUT2D eigenvalue weighted by molar-refractivity contribution is 0.389. The Morgan fingerprint density at radius 2 is 2.10 bits per heavy atom. The van der Waals surface area contributed by atoms with Gasteiger partial charge in [-0.05, 0) is 38.2 Å². The molecular weight excluding hydrogens is 125 g/mol. The predicted molar refractivity (Wildman–Crippen MR) is 44.2 cm³/mol. The minimum atomic E-state index is -0.108. The van der Waals surface area contributed by atoms with Gasteiger partial charge in [0.15, 0.2) is 0 Å². The topological polar surface area (TPSA) is 32.3 Å². The third-order valence-electron chi connectivity index (χ3n) is 2.13. The molecule has 2 N–H and O–H groups in total. The van der Waals surface area contributed by atoms with Crippen LogP contribution in [0.4, 0.5) is 0 Å². The van der Waals surface area contributed by atoms with Gasteiger partial charge in [0.05, 0.1) is 0 Å². The fourth-order valence-electron chi connectivity index (χ4n) is 1.60. The summed E-state index contributed by atoms with van der Waals surface area (Å²) in [7, 11) is 0. The van der Waals surface area contributed by atoms with Crippen LogP contribution in [0.25, 0.3) is 0 Å². The normalized spacial score (nSPS) is 21.0. The molecule has 2 nitrogen and oxygen atoms in total. The summed E-state index contributed by atoms with van der Waals surface area (Å²) in [6.07, 6.45) is 3.47. The second-order valence-corrected chi connectivity index (χ2v) is 3.28. The van der Waals surface area contributed by atoms with E-state index in [4.69, 9.17) is 5.02 Å². The van der Waals surface area contributed by atoms with Crippen LogP contribution in [0.5, 0.6) is 0 Å². The lowest BCUT2D eigenvalue weighted by atomic mass is 9.62. The fourth-order valence-corrected chi connectivity index (χ4v) is 1.60. The average Bonchev–Trinajstić information content (AvgIpc) is 1.88. The summed E-state index contributed by atoms with van der Waals surface area (Å²) in [6.45, 7) is 4.04. The summed E-state index contributed by atoms with van der Waals surface area (Å²) in [5, 5.41) is 12.4. The summed E-state index contributed by atoms with van der Waals surface area (Å²) in [5.74, 6) is 0.765. The summed E-state index contributed by atoms with van der Waals surface area (Å²) < 4.78 is 0. The van der Waals surface area contributed by atoms with Crippen molar-refractivity contribution in [2.24, 2.45) is 5.92 Å². The summed E-state index contributed by atoms with van der Waals surface area (Å²) in [6, 6.07) is 0.